The van der Waals surface area contributed by atoms with Crippen LogP contribution in [0.4, 0.5) is 0 Å². The number of methoxy groups -OCH3 is 2. The maximum absolute atomic E-state index is 12.8. The second-order valence-electron chi connectivity index (χ2n) is 7.52. The van der Waals surface area contributed by atoms with Crippen molar-refractivity contribution in [1.82, 2.24) is 10.2 Å². The number of fused-ring (bicyclic) bond motifs is 1. The van der Waals surface area contributed by atoms with Crippen LogP contribution in [-0.4, -0.2) is 36.9 Å². The summed E-state index contributed by atoms with van der Waals surface area (Å²) in [6.45, 7) is 0.684. The monoisotopic (exact) mass is 423 g/mol. The number of H-pyrrole nitrogens is 2. The second-order valence-corrected chi connectivity index (χ2v) is 7.52. The van der Waals surface area contributed by atoms with Gasteiger partial charge in [-0.25, -0.2) is 0 Å². The highest BCUT2D eigenvalue weighted by Gasteiger charge is 2.27. The molecule has 0 spiro atoms. The van der Waals surface area contributed by atoms with E-state index in [1.807, 2.05) is 12.1 Å². The Bertz CT molecular complexity index is 1160. The number of benzene rings is 2. The van der Waals surface area contributed by atoms with Crippen molar-refractivity contribution in [3.05, 3.63) is 74.7 Å². The highest BCUT2D eigenvalue weighted by Crippen LogP contribution is 2.37. The van der Waals surface area contributed by atoms with Gasteiger partial charge in [-0.15, -0.1) is 0 Å². The summed E-state index contributed by atoms with van der Waals surface area (Å²) in [5.74, 6) is 0.958. The van der Waals surface area contributed by atoms with Gasteiger partial charge in [-0.2, -0.15) is 0 Å². The summed E-state index contributed by atoms with van der Waals surface area (Å²) >= 11 is 0. The zero-order valence-electron chi connectivity index (χ0n) is 17.5. The van der Waals surface area contributed by atoms with E-state index in [1.165, 1.54) is 7.11 Å². The molecule has 0 aliphatic carbocycles. The molecule has 0 fully saturated rings. The van der Waals surface area contributed by atoms with Crippen LogP contribution in [0.15, 0.2) is 41.2 Å². The molecule has 0 radical (unpaired) electrons. The maximum atomic E-state index is 12.8. The molecule has 0 saturated heterocycles. The van der Waals surface area contributed by atoms with Gasteiger partial charge in [0.2, 0.25) is 5.91 Å². The van der Waals surface area contributed by atoms with Gasteiger partial charge in [0.25, 0.3) is 5.56 Å². The minimum atomic E-state index is -0.568. The first-order valence-electron chi connectivity index (χ1n) is 10.0. The SMILES string of the molecule is COc1ccc([C@@H](CC(N)=O)c2c(Cc3ccc4c(c3)CCO4)[nH][nH]c2=O)c(OC)c1. The van der Waals surface area contributed by atoms with Crippen LogP contribution in [0.3, 0.4) is 0 Å². The Kier molecular flexibility index (Phi) is 5.70. The highest BCUT2D eigenvalue weighted by molar-refractivity contribution is 5.76. The topological polar surface area (TPSA) is 119 Å². The molecule has 1 aliphatic heterocycles. The number of nitrogens with two attached hydrogens (primary N) is 1. The lowest BCUT2D eigenvalue weighted by Crippen LogP contribution is -2.21. The molecule has 1 aliphatic rings. The number of rotatable bonds is 8. The molecule has 1 aromatic heterocycles. The van der Waals surface area contributed by atoms with Gasteiger partial charge >= 0.3 is 0 Å². The van der Waals surface area contributed by atoms with Crippen LogP contribution in [0.5, 0.6) is 17.2 Å². The first-order chi connectivity index (χ1) is 15.0. The summed E-state index contributed by atoms with van der Waals surface area (Å²) < 4.78 is 16.4. The Morgan fingerprint density at radius 3 is 2.74 bits per heavy atom. The molecule has 2 heterocycles. The van der Waals surface area contributed by atoms with Crippen LogP contribution in [0.2, 0.25) is 0 Å². The van der Waals surface area contributed by atoms with Crippen LogP contribution >= 0.6 is 0 Å². The number of aromatic amines is 2. The molecule has 0 bridgehead atoms. The summed E-state index contributed by atoms with van der Waals surface area (Å²) in [5.41, 5.74) is 9.33. The van der Waals surface area contributed by atoms with E-state index in [0.717, 1.165) is 23.3 Å². The van der Waals surface area contributed by atoms with Gasteiger partial charge in [-0.1, -0.05) is 18.2 Å². The average molecular weight is 423 g/mol. The lowest BCUT2D eigenvalue weighted by Gasteiger charge is -2.19. The molecule has 4 rings (SSSR count). The zero-order valence-corrected chi connectivity index (χ0v) is 17.5. The summed E-state index contributed by atoms with van der Waals surface area (Å²) in [7, 11) is 3.10. The third-order valence-corrected chi connectivity index (χ3v) is 5.60. The van der Waals surface area contributed by atoms with Crippen LogP contribution in [-0.2, 0) is 17.6 Å². The van der Waals surface area contributed by atoms with Crippen molar-refractivity contribution in [3.8, 4) is 17.2 Å². The van der Waals surface area contributed by atoms with E-state index >= 15 is 0 Å². The van der Waals surface area contributed by atoms with Crippen LogP contribution in [0.25, 0.3) is 0 Å². The number of carbonyl (C=O) groups is 1. The Labute approximate surface area is 179 Å². The predicted octanol–water partition coefficient (Wildman–Crippen LogP) is 2.25. The third kappa shape index (κ3) is 4.14. The van der Waals surface area contributed by atoms with Crippen molar-refractivity contribution < 1.29 is 19.0 Å². The Morgan fingerprint density at radius 1 is 1.16 bits per heavy atom. The van der Waals surface area contributed by atoms with E-state index in [2.05, 4.69) is 16.3 Å². The minimum absolute atomic E-state index is 0.0331. The van der Waals surface area contributed by atoms with Crippen LogP contribution < -0.4 is 25.5 Å². The largest absolute Gasteiger partial charge is 0.497 e. The molecule has 2 aromatic carbocycles. The van der Waals surface area contributed by atoms with Crippen LogP contribution in [0, 0.1) is 0 Å². The fourth-order valence-corrected chi connectivity index (χ4v) is 4.14. The van der Waals surface area contributed by atoms with E-state index in [0.29, 0.717) is 41.3 Å². The number of primary amides is 1. The first kappa shape index (κ1) is 20.6. The third-order valence-electron chi connectivity index (χ3n) is 5.60. The van der Waals surface area contributed by atoms with E-state index < -0.39 is 11.8 Å². The molecule has 1 atom stereocenters. The summed E-state index contributed by atoms with van der Waals surface area (Å²) in [6.07, 6.45) is 1.33. The lowest BCUT2D eigenvalue weighted by atomic mass is 9.86. The quantitative estimate of drug-likeness (QED) is 0.513. The molecule has 4 N–H and O–H groups in total. The molecule has 162 valence electrons. The molecule has 8 heteroatoms. The fraction of sp³-hybridized carbons (Fsp3) is 0.304. The predicted molar refractivity (Wildman–Crippen MR) is 115 cm³/mol. The first-order valence-corrected chi connectivity index (χ1v) is 10.0. The van der Waals surface area contributed by atoms with E-state index in [-0.39, 0.29) is 12.0 Å². The number of carbonyl (C=O) groups excluding carboxylic acids is 1. The number of aromatic nitrogens is 2. The summed E-state index contributed by atoms with van der Waals surface area (Å²) in [6, 6.07) is 11.3. The van der Waals surface area contributed by atoms with Crippen molar-refractivity contribution in [2.24, 2.45) is 5.73 Å². The smallest absolute Gasteiger partial charge is 0.267 e. The average Bonchev–Trinajstić information content (AvgIpc) is 3.37. The molecule has 1 amide bonds. The second kappa shape index (κ2) is 8.59. The molecule has 8 nitrogen and oxygen atoms in total. The maximum Gasteiger partial charge on any atom is 0.267 e. The number of hydrogen-bond donors (Lipinski definition) is 3. The Balaban J connectivity index is 1.76. The van der Waals surface area contributed by atoms with E-state index in [1.54, 1.807) is 25.3 Å². The van der Waals surface area contributed by atoms with Crippen molar-refractivity contribution in [2.45, 2.75) is 25.2 Å². The van der Waals surface area contributed by atoms with Gasteiger partial charge in [-0.3, -0.25) is 14.7 Å². The van der Waals surface area contributed by atoms with Gasteiger partial charge < -0.3 is 25.0 Å². The normalized spacial score (nSPS) is 13.4. The number of amides is 1. The van der Waals surface area contributed by atoms with E-state index in [9.17, 15) is 9.59 Å². The molecule has 0 saturated carbocycles. The molecular formula is C23H25N3O5. The number of hydrogen-bond acceptors (Lipinski definition) is 5. The van der Waals surface area contributed by atoms with Crippen molar-refractivity contribution in [1.29, 1.82) is 0 Å². The van der Waals surface area contributed by atoms with Gasteiger partial charge in [0.15, 0.2) is 0 Å². The summed E-state index contributed by atoms with van der Waals surface area (Å²) in [5, 5.41) is 5.66. The fourth-order valence-electron chi connectivity index (χ4n) is 4.14. The standard InChI is InChI=1S/C23H25N3O5/c1-29-15-4-5-16(20(11-15)30-2)17(12-21(24)27)22-18(25-26-23(22)28)10-13-3-6-19-14(9-13)7-8-31-19/h3-6,9,11,17H,7-8,10,12H2,1-2H3,(H2,24,27)(H2,25,26,28)/t17-/m1/s1. The Morgan fingerprint density at radius 2 is 2.00 bits per heavy atom. The van der Waals surface area contributed by atoms with Gasteiger partial charge in [-0.05, 0) is 23.3 Å². The number of ether oxygens (including phenoxy) is 3. The van der Waals surface area contributed by atoms with E-state index in [4.69, 9.17) is 19.9 Å². The van der Waals surface area contributed by atoms with Crippen LogP contribution in [0.1, 0.15) is 40.3 Å². The zero-order chi connectivity index (χ0) is 22.0. The van der Waals surface area contributed by atoms with Gasteiger partial charge in [0.1, 0.15) is 17.2 Å². The summed E-state index contributed by atoms with van der Waals surface area (Å²) in [4.78, 5) is 24.7. The molecule has 0 unspecified atom stereocenters. The lowest BCUT2D eigenvalue weighted by molar-refractivity contribution is -0.118. The Hall–Kier alpha value is -3.68. The van der Waals surface area contributed by atoms with Gasteiger partial charge in [0, 0.05) is 48.1 Å². The number of nitrogens with one attached hydrogen (secondary N) is 2. The molecule has 31 heavy (non-hydrogen) atoms. The molecular weight excluding hydrogens is 398 g/mol. The highest BCUT2D eigenvalue weighted by atomic mass is 16.5. The molecule has 3 aromatic rings. The minimum Gasteiger partial charge on any atom is -0.497 e. The van der Waals surface area contributed by atoms with Crippen molar-refractivity contribution in [2.75, 3.05) is 20.8 Å². The van der Waals surface area contributed by atoms with Crippen molar-refractivity contribution in [3.63, 3.8) is 0 Å². The van der Waals surface area contributed by atoms with Crippen molar-refractivity contribution >= 4 is 5.91 Å². The van der Waals surface area contributed by atoms with Gasteiger partial charge in [0.05, 0.1) is 20.8 Å².